The van der Waals surface area contributed by atoms with Crippen molar-refractivity contribution in [2.75, 3.05) is 13.2 Å². The third-order valence-corrected chi connectivity index (χ3v) is 15.5. The molecule has 0 aliphatic carbocycles. The number of carbonyl (C=O) groups excluding carboxylic acids is 2. The van der Waals surface area contributed by atoms with Gasteiger partial charge in [-0.05, 0) is 109 Å². The van der Waals surface area contributed by atoms with E-state index in [4.69, 9.17) is 14.2 Å². The van der Waals surface area contributed by atoms with E-state index in [0.717, 1.165) is 116 Å². The average Bonchev–Trinajstić information content (AvgIpc) is 3.58. The van der Waals surface area contributed by atoms with Gasteiger partial charge < -0.3 is 45.1 Å². The Labute approximate surface area is 507 Å². The molecule has 11 nitrogen and oxygen atoms in total. The van der Waals surface area contributed by atoms with E-state index in [1.807, 2.05) is 6.08 Å². The first kappa shape index (κ1) is 77.6. The molecule has 1 heterocycles. The zero-order valence-electron chi connectivity index (χ0n) is 53.0. The fraction of sp³-hybridized carbons (Fsp3) is 0.750. The molecule has 83 heavy (non-hydrogen) atoms. The topological polar surface area (TPSA) is 175 Å². The Morgan fingerprint density at radius 1 is 0.470 bits per heavy atom. The maximum atomic E-state index is 13.5. The highest BCUT2D eigenvalue weighted by Gasteiger charge is 2.47. The van der Waals surface area contributed by atoms with Crippen LogP contribution in [0.5, 0.6) is 0 Å². The molecule has 1 aliphatic heterocycles. The number of aliphatic hydroxyl groups is 5. The van der Waals surface area contributed by atoms with Crippen molar-refractivity contribution in [2.24, 2.45) is 0 Å². The summed E-state index contributed by atoms with van der Waals surface area (Å²) in [4.78, 5) is 26.6. The van der Waals surface area contributed by atoms with Gasteiger partial charge in [0.25, 0.3) is 0 Å². The molecule has 8 unspecified atom stereocenters. The Morgan fingerprint density at radius 2 is 0.831 bits per heavy atom. The molecule has 478 valence electrons. The molecule has 0 aromatic carbocycles. The Hall–Kier alpha value is -3.42. The SMILES string of the molecule is CCCCC/C=C\C/C=C\C/C=C\C/C=C\CCCCCCCC(=O)OC1C(OCC(NC(=O)C(O)CCCCCCCCC/C=C\C/C=C\C/C=C\CCCCC)C(O)/C=C/CCCCCCCCCCCCC)OC(CO)C(O)C1O. The van der Waals surface area contributed by atoms with E-state index in [1.165, 1.54) is 122 Å². The van der Waals surface area contributed by atoms with Crippen LogP contribution in [0.2, 0.25) is 0 Å². The molecule has 8 atom stereocenters. The smallest absolute Gasteiger partial charge is 0.306 e. The van der Waals surface area contributed by atoms with E-state index in [1.54, 1.807) is 6.08 Å². The van der Waals surface area contributed by atoms with Crippen molar-refractivity contribution in [1.29, 1.82) is 0 Å². The minimum atomic E-state index is -1.63. The van der Waals surface area contributed by atoms with Gasteiger partial charge in [-0.3, -0.25) is 9.59 Å². The average molecular weight is 1160 g/mol. The monoisotopic (exact) mass is 1160 g/mol. The summed E-state index contributed by atoms with van der Waals surface area (Å²) in [6.45, 7) is 5.74. The molecule has 11 heteroatoms. The van der Waals surface area contributed by atoms with Crippen molar-refractivity contribution in [3.05, 3.63) is 97.2 Å². The van der Waals surface area contributed by atoms with Crippen LogP contribution in [0.3, 0.4) is 0 Å². The quantitative estimate of drug-likeness (QED) is 0.0195. The van der Waals surface area contributed by atoms with Crippen LogP contribution in [-0.2, 0) is 23.8 Å². The van der Waals surface area contributed by atoms with Crippen LogP contribution in [0.4, 0.5) is 0 Å². The highest BCUT2D eigenvalue weighted by atomic mass is 16.7. The molecular weight excluding hydrogens is 1040 g/mol. The molecule has 0 bridgehead atoms. The van der Waals surface area contributed by atoms with E-state index >= 15 is 0 Å². The highest BCUT2D eigenvalue weighted by Crippen LogP contribution is 2.26. The summed E-state index contributed by atoms with van der Waals surface area (Å²) >= 11 is 0. The first-order valence-electron chi connectivity index (χ1n) is 34.0. The van der Waals surface area contributed by atoms with Gasteiger partial charge in [0.2, 0.25) is 5.91 Å². The zero-order valence-corrected chi connectivity index (χ0v) is 53.0. The van der Waals surface area contributed by atoms with E-state index in [9.17, 15) is 35.1 Å². The predicted octanol–water partition coefficient (Wildman–Crippen LogP) is 17.1. The summed E-state index contributed by atoms with van der Waals surface area (Å²) in [5.74, 6) is -1.22. The third-order valence-electron chi connectivity index (χ3n) is 15.5. The number of unbranched alkanes of at least 4 members (excludes halogenated alkanes) is 29. The molecule has 0 spiro atoms. The minimum absolute atomic E-state index is 0.0974. The van der Waals surface area contributed by atoms with Crippen LogP contribution in [-0.4, -0.2) is 99.6 Å². The molecule has 1 amide bonds. The van der Waals surface area contributed by atoms with Crippen molar-refractivity contribution in [3.63, 3.8) is 0 Å². The summed E-state index contributed by atoms with van der Waals surface area (Å²) in [7, 11) is 0. The van der Waals surface area contributed by atoms with Gasteiger partial charge in [0.1, 0.15) is 24.4 Å². The first-order valence-corrected chi connectivity index (χ1v) is 34.0. The van der Waals surface area contributed by atoms with Crippen molar-refractivity contribution >= 4 is 11.9 Å². The molecule has 0 radical (unpaired) electrons. The molecule has 1 saturated heterocycles. The number of hydrogen-bond donors (Lipinski definition) is 6. The molecule has 1 aliphatic rings. The predicted molar refractivity (Wildman–Crippen MR) is 347 cm³/mol. The Balaban J connectivity index is 2.66. The van der Waals surface area contributed by atoms with Crippen molar-refractivity contribution in [1.82, 2.24) is 5.32 Å². The summed E-state index contributed by atoms with van der Waals surface area (Å²) in [6, 6.07) is -1.04. The number of nitrogens with one attached hydrogen (secondary N) is 1. The van der Waals surface area contributed by atoms with Crippen molar-refractivity contribution in [2.45, 2.75) is 333 Å². The van der Waals surface area contributed by atoms with Crippen molar-refractivity contribution in [3.8, 4) is 0 Å². The zero-order chi connectivity index (χ0) is 60.3. The van der Waals surface area contributed by atoms with Crippen molar-refractivity contribution < 1.29 is 49.3 Å². The largest absolute Gasteiger partial charge is 0.454 e. The lowest BCUT2D eigenvalue weighted by molar-refractivity contribution is -0.305. The minimum Gasteiger partial charge on any atom is -0.454 e. The van der Waals surface area contributed by atoms with Gasteiger partial charge in [0.05, 0.1) is 25.4 Å². The summed E-state index contributed by atoms with van der Waals surface area (Å²) in [5, 5.41) is 57.2. The summed E-state index contributed by atoms with van der Waals surface area (Å²) in [6.07, 6.45) is 68.5. The van der Waals surface area contributed by atoms with Crippen LogP contribution in [0.25, 0.3) is 0 Å². The van der Waals surface area contributed by atoms with E-state index < -0.39 is 67.4 Å². The fourth-order valence-electron chi connectivity index (χ4n) is 10.1. The van der Waals surface area contributed by atoms with Gasteiger partial charge in [0.15, 0.2) is 12.4 Å². The maximum absolute atomic E-state index is 13.5. The van der Waals surface area contributed by atoms with Gasteiger partial charge in [-0.15, -0.1) is 0 Å². The number of amides is 1. The number of hydrogen-bond acceptors (Lipinski definition) is 10. The second kappa shape index (κ2) is 58.9. The Bertz CT molecular complexity index is 1720. The molecule has 0 saturated carbocycles. The van der Waals surface area contributed by atoms with Gasteiger partial charge in [0, 0.05) is 6.42 Å². The normalized spacial score (nSPS) is 19.2. The van der Waals surface area contributed by atoms with E-state index in [-0.39, 0.29) is 19.4 Å². The molecular formula is C72H125NO10. The number of carbonyl (C=O) groups is 2. The van der Waals surface area contributed by atoms with Crippen LogP contribution in [0, 0.1) is 0 Å². The number of ether oxygens (including phenoxy) is 3. The van der Waals surface area contributed by atoms with Gasteiger partial charge in [-0.2, -0.15) is 0 Å². The van der Waals surface area contributed by atoms with Crippen LogP contribution >= 0.6 is 0 Å². The summed E-state index contributed by atoms with van der Waals surface area (Å²) < 4.78 is 17.7. The lowest BCUT2D eigenvalue weighted by Crippen LogP contribution is -2.61. The third kappa shape index (κ3) is 46.5. The summed E-state index contributed by atoms with van der Waals surface area (Å²) in [5.41, 5.74) is 0. The van der Waals surface area contributed by atoms with Crippen LogP contribution in [0.15, 0.2) is 97.2 Å². The lowest BCUT2D eigenvalue weighted by atomic mass is 9.99. The second-order valence-corrected chi connectivity index (χ2v) is 23.2. The van der Waals surface area contributed by atoms with Gasteiger partial charge in [-0.1, -0.05) is 266 Å². The number of allylic oxidation sites excluding steroid dienone is 15. The molecule has 1 fully saturated rings. The van der Waals surface area contributed by atoms with E-state index in [0.29, 0.717) is 12.8 Å². The molecule has 0 aromatic rings. The molecule has 6 N–H and O–H groups in total. The second-order valence-electron chi connectivity index (χ2n) is 23.2. The molecule has 1 rings (SSSR count). The standard InChI is InChI=1S/C72H125NO10/c1-4-7-10-13-16-19-22-25-27-29-31-33-35-37-39-42-45-48-51-54-57-60-67(77)83-70-69(79)68(78)66(61-74)82-72(70)81-62-63(64(75)58-55-52-49-46-43-40-24-21-18-15-12-9-6-3)73-71(80)65(76)59-56-53-50-47-44-41-38-36-34-32-30-28-26-23-20-17-14-11-8-5-2/h16-17,19-20,25-28,31-34,37,39,55,58,63-66,68-70,72,74-76,78-79H,4-15,18,21-24,29-30,35-36,38,40-54,56-57,59-62H2,1-3H3,(H,73,80)/b19-16-,20-17-,27-25-,28-26-,33-31-,34-32-,39-37-,58-55+. The number of rotatable bonds is 57. The highest BCUT2D eigenvalue weighted by molar-refractivity contribution is 5.80. The van der Waals surface area contributed by atoms with E-state index in [2.05, 4.69) is 111 Å². The first-order chi connectivity index (χ1) is 40.7. The fourth-order valence-corrected chi connectivity index (χ4v) is 10.1. The lowest BCUT2D eigenvalue weighted by Gasteiger charge is -2.41. The van der Waals surface area contributed by atoms with Gasteiger partial charge in [-0.25, -0.2) is 0 Å². The molecule has 0 aromatic heterocycles. The maximum Gasteiger partial charge on any atom is 0.306 e. The van der Waals surface area contributed by atoms with Crippen LogP contribution < -0.4 is 5.32 Å². The Kier molecular flexibility index (Phi) is 55.1. The number of aliphatic hydroxyl groups excluding tert-OH is 5. The number of esters is 1. The van der Waals surface area contributed by atoms with Gasteiger partial charge >= 0.3 is 5.97 Å². The van der Waals surface area contributed by atoms with Crippen LogP contribution in [0.1, 0.15) is 284 Å². The Morgan fingerprint density at radius 3 is 1.27 bits per heavy atom.